The van der Waals surface area contributed by atoms with Gasteiger partial charge in [-0.3, -0.25) is 19.8 Å². The summed E-state index contributed by atoms with van der Waals surface area (Å²) in [6.07, 6.45) is 4.74. The Labute approximate surface area is 175 Å². The molecule has 2 fully saturated rings. The zero-order valence-corrected chi connectivity index (χ0v) is 17.3. The van der Waals surface area contributed by atoms with Gasteiger partial charge in [-0.05, 0) is 37.1 Å². The van der Waals surface area contributed by atoms with Gasteiger partial charge in [0.1, 0.15) is 17.7 Å². The Balaban J connectivity index is 1.98. The van der Waals surface area contributed by atoms with Crippen molar-refractivity contribution < 1.29 is 14.4 Å². The van der Waals surface area contributed by atoms with Gasteiger partial charge in [-0.25, -0.2) is 0 Å². The fraction of sp³-hybridized carbons (Fsp3) is 0.500. The highest BCUT2D eigenvalue weighted by molar-refractivity contribution is 6.46. The summed E-state index contributed by atoms with van der Waals surface area (Å²) in [7, 11) is 3.00. The highest BCUT2D eigenvalue weighted by Crippen LogP contribution is 2.33. The van der Waals surface area contributed by atoms with Gasteiger partial charge in [0.05, 0.1) is 5.69 Å². The van der Waals surface area contributed by atoms with Gasteiger partial charge in [0.15, 0.2) is 0 Å². The number of benzene rings is 1. The third kappa shape index (κ3) is 4.37. The molecular weight excluding hydrogens is 394 g/mol. The smallest absolute Gasteiger partial charge is 0.271 e. The molecule has 3 N–H and O–H groups in total. The van der Waals surface area contributed by atoms with Gasteiger partial charge in [0.25, 0.3) is 5.91 Å². The van der Waals surface area contributed by atoms with E-state index < -0.39 is 17.9 Å². The van der Waals surface area contributed by atoms with Gasteiger partial charge < -0.3 is 15.5 Å². The van der Waals surface area contributed by atoms with Gasteiger partial charge in [-0.15, -0.1) is 0 Å². The number of hydrazone groups is 1. The molecule has 0 aromatic heterocycles. The Kier molecular flexibility index (Phi) is 6.74. The van der Waals surface area contributed by atoms with Gasteiger partial charge in [0.2, 0.25) is 11.8 Å². The van der Waals surface area contributed by atoms with E-state index >= 15 is 0 Å². The number of hydrogen-bond donors (Lipinski definition) is 3. The molecule has 1 saturated carbocycles. The van der Waals surface area contributed by atoms with Crippen LogP contribution in [0.25, 0.3) is 0 Å². The monoisotopic (exact) mass is 419 g/mol. The number of carbonyl (C=O) groups is 3. The predicted molar refractivity (Wildman–Crippen MR) is 112 cm³/mol. The average molecular weight is 420 g/mol. The average Bonchev–Trinajstić information content (AvgIpc) is 3.05. The minimum absolute atomic E-state index is 0.0403. The number of rotatable bonds is 5. The standard InChI is InChI=1S/C20H26ClN5O3/c1-22-18(27)15-16(25-24-13-10-8-12(21)9-11-13)20(29)26(17(15)19(28)23-2)14-6-4-3-5-7-14/h8-11,14-15,17,24H,3-7H2,1-2H3,(H,22,27)(H,23,28)/b25-16-. The number of carbonyl (C=O) groups excluding carboxylic acids is 3. The topological polar surface area (TPSA) is 103 Å². The highest BCUT2D eigenvalue weighted by atomic mass is 35.5. The van der Waals surface area contributed by atoms with E-state index in [4.69, 9.17) is 11.6 Å². The Morgan fingerprint density at radius 2 is 1.66 bits per heavy atom. The predicted octanol–water partition coefficient (Wildman–Crippen LogP) is 1.76. The summed E-state index contributed by atoms with van der Waals surface area (Å²) in [5.41, 5.74) is 3.49. The van der Waals surface area contributed by atoms with Crippen LogP contribution in [-0.4, -0.2) is 54.5 Å². The lowest BCUT2D eigenvalue weighted by molar-refractivity contribution is -0.139. The number of likely N-dealkylation sites (N-methyl/N-ethyl adjacent to an activating group) is 1. The van der Waals surface area contributed by atoms with E-state index in [1.807, 2.05) is 0 Å². The number of likely N-dealkylation sites (tertiary alicyclic amines) is 1. The number of anilines is 1. The first kappa shape index (κ1) is 21.1. The summed E-state index contributed by atoms with van der Waals surface area (Å²) in [6.45, 7) is 0. The second kappa shape index (κ2) is 9.26. The quantitative estimate of drug-likeness (QED) is 0.632. The first-order chi connectivity index (χ1) is 14.0. The van der Waals surface area contributed by atoms with Crippen LogP contribution < -0.4 is 16.1 Å². The summed E-state index contributed by atoms with van der Waals surface area (Å²) in [5, 5.41) is 10.0. The van der Waals surface area contributed by atoms with Crippen LogP contribution in [0.2, 0.25) is 5.02 Å². The van der Waals surface area contributed by atoms with Gasteiger partial charge in [-0.2, -0.15) is 5.10 Å². The Bertz CT molecular complexity index is 805. The molecular formula is C20H26ClN5O3. The molecule has 8 nitrogen and oxygen atoms in total. The summed E-state index contributed by atoms with van der Waals surface area (Å²) in [6, 6.07) is 5.83. The highest BCUT2D eigenvalue weighted by Gasteiger charge is 2.54. The molecule has 1 saturated heterocycles. The minimum Gasteiger partial charge on any atom is -0.359 e. The van der Waals surface area contributed by atoms with E-state index in [1.165, 1.54) is 14.1 Å². The molecule has 1 aromatic carbocycles. The number of nitrogens with one attached hydrogen (secondary N) is 3. The van der Waals surface area contributed by atoms with Crippen LogP contribution in [-0.2, 0) is 14.4 Å². The lowest BCUT2D eigenvalue weighted by Crippen LogP contribution is -2.53. The summed E-state index contributed by atoms with van der Waals surface area (Å²) >= 11 is 5.90. The molecule has 1 aromatic rings. The van der Waals surface area contributed by atoms with E-state index in [9.17, 15) is 14.4 Å². The molecule has 2 unspecified atom stereocenters. The zero-order chi connectivity index (χ0) is 21.0. The first-order valence-electron chi connectivity index (χ1n) is 9.83. The normalized spacial score (nSPS) is 23.9. The van der Waals surface area contributed by atoms with Crippen LogP contribution in [0.5, 0.6) is 0 Å². The van der Waals surface area contributed by atoms with Crippen molar-refractivity contribution in [2.45, 2.75) is 44.2 Å². The van der Waals surface area contributed by atoms with E-state index in [1.54, 1.807) is 29.2 Å². The fourth-order valence-electron chi connectivity index (χ4n) is 4.07. The molecule has 0 spiro atoms. The third-order valence-corrected chi connectivity index (χ3v) is 5.78. The molecule has 2 aliphatic rings. The maximum Gasteiger partial charge on any atom is 0.271 e. The molecule has 3 rings (SSSR count). The van der Waals surface area contributed by atoms with Gasteiger partial charge >= 0.3 is 0 Å². The van der Waals surface area contributed by atoms with E-state index in [2.05, 4.69) is 21.2 Å². The van der Waals surface area contributed by atoms with E-state index in [0.29, 0.717) is 10.7 Å². The van der Waals surface area contributed by atoms with Crippen molar-refractivity contribution >= 4 is 40.7 Å². The van der Waals surface area contributed by atoms with Crippen LogP contribution in [0, 0.1) is 5.92 Å². The minimum atomic E-state index is -0.992. The van der Waals surface area contributed by atoms with Crippen LogP contribution in [0.4, 0.5) is 5.69 Å². The Morgan fingerprint density at radius 3 is 2.24 bits per heavy atom. The summed E-state index contributed by atoms with van der Waals surface area (Å²) in [5.74, 6) is -2.15. The molecule has 156 valence electrons. The molecule has 1 aliphatic carbocycles. The van der Waals surface area contributed by atoms with Crippen LogP contribution in [0.1, 0.15) is 32.1 Å². The Morgan fingerprint density at radius 1 is 1.03 bits per heavy atom. The lowest BCUT2D eigenvalue weighted by Gasteiger charge is -2.35. The van der Waals surface area contributed by atoms with Crippen molar-refractivity contribution in [2.24, 2.45) is 11.0 Å². The van der Waals surface area contributed by atoms with Crippen molar-refractivity contribution in [1.82, 2.24) is 15.5 Å². The number of amides is 3. The second-order valence-electron chi connectivity index (χ2n) is 7.27. The zero-order valence-electron chi connectivity index (χ0n) is 16.6. The maximum atomic E-state index is 13.3. The van der Waals surface area contributed by atoms with Crippen LogP contribution in [0.3, 0.4) is 0 Å². The van der Waals surface area contributed by atoms with Crippen molar-refractivity contribution in [3.05, 3.63) is 29.3 Å². The van der Waals surface area contributed by atoms with Crippen LogP contribution in [0.15, 0.2) is 29.4 Å². The first-order valence-corrected chi connectivity index (χ1v) is 10.2. The number of nitrogens with zero attached hydrogens (tertiary/aromatic N) is 2. The van der Waals surface area contributed by atoms with E-state index in [0.717, 1.165) is 32.1 Å². The second-order valence-corrected chi connectivity index (χ2v) is 7.71. The Hall–Kier alpha value is -2.61. The van der Waals surface area contributed by atoms with E-state index in [-0.39, 0.29) is 23.6 Å². The molecule has 3 amide bonds. The molecule has 9 heteroatoms. The largest absolute Gasteiger partial charge is 0.359 e. The summed E-state index contributed by atoms with van der Waals surface area (Å²) < 4.78 is 0. The van der Waals surface area contributed by atoms with Gasteiger partial charge in [0, 0.05) is 25.2 Å². The molecule has 0 radical (unpaired) electrons. The van der Waals surface area contributed by atoms with Crippen molar-refractivity contribution in [3.63, 3.8) is 0 Å². The molecule has 29 heavy (non-hydrogen) atoms. The number of hydrogen-bond acceptors (Lipinski definition) is 5. The van der Waals surface area contributed by atoms with Crippen molar-refractivity contribution in [2.75, 3.05) is 19.5 Å². The van der Waals surface area contributed by atoms with Crippen LogP contribution >= 0.6 is 11.6 Å². The third-order valence-electron chi connectivity index (χ3n) is 5.53. The van der Waals surface area contributed by atoms with Crippen molar-refractivity contribution in [3.8, 4) is 0 Å². The maximum absolute atomic E-state index is 13.3. The molecule has 2 atom stereocenters. The fourth-order valence-corrected chi connectivity index (χ4v) is 4.20. The number of halogens is 1. The van der Waals surface area contributed by atoms with Gasteiger partial charge in [-0.1, -0.05) is 30.9 Å². The molecule has 1 aliphatic heterocycles. The summed E-state index contributed by atoms with van der Waals surface area (Å²) in [4.78, 5) is 40.3. The molecule has 0 bridgehead atoms. The lowest BCUT2D eigenvalue weighted by atomic mass is 9.92. The SMILES string of the molecule is CNC(=O)C1/C(=N/Nc2ccc(Cl)cc2)C(=O)N(C2CCCCC2)C1C(=O)NC. The van der Waals surface area contributed by atoms with Crippen molar-refractivity contribution in [1.29, 1.82) is 0 Å². The molecule has 1 heterocycles.